The molecule has 1 aliphatic carbocycles. The second kappa shape index (κ2) is 11.2. The molecule has 0 unspecified atom stereocenters. The van der Waals surface area contributed by atoms with Crippen molar-refractivity contribution in [1.29, 1.82) is 0 Å². The largest absolute Gasteiger partial charge is 0.534 e. The van der Waals surface area contributed by atoms with Gasteiger partial charge in [0.05, 0.1) is 5.60 Å². The lowest BCUT2D eigenvalue weighted by molar-refractivity contribution is -0.0500. The molecule has 0 spiro atoms. The van der Waals surface area contributed by atoms with Crippen LogP contribution in [-0.2, 0) is 15.5 Å². The Kier molecular flexibility index (Phi) is 8.85. The van der Waals surface area contributed by atoms with Crippen LogP contribution in [0.5, 0.6) is 5.75 Å². The minimum absolute atomic E-state index is 0.310. The van der Waals surface area contributed by atoms with Gasteiger partial charge in [-0.1, -0.05) is 82.0 Å². The Balaban J connectivity index is 1.93. The van der Waals surface area contributed by atoms with Gasteiger partial charge in [0, 0.05) is 5.41 Å². The molecule has 0 aromatic heterocycles. The van der Waals surface area contributed by atoms with E-state index in [-0.39, 0.29) is 5.75 Å². The van der Waals surface area contributed by atoms with Crippen LogP contribution in [0.25, 0.3) is 6.08 Å². The molecular weight excluding hydrogens is 501 g/mol. The van der Waals surface area contributed by atoms with Gasteiger partial charge in [0.1, 0.15) is 5.75 Å². The smallest absolute Gasteiger partial charge is 0.386 e. The van der Waals surface area contributed by atoms with E-state index in [0.29, 0.717) is 5.56 Å². The number of benzene rings is 2. The van der Waals surface area contributed by atoms with Gasteiger partial charge >= 0.3 is 15.6 Å². The minimum Gasteiger partial charge on any atom is -0.386 e. The number of halogens is 3. The summed E-state index contributed by atoms with van der Waals surface area (Å²) >= 11 is 0. The Hall–Kier alpha value is -2.32. The van der Waals surface area contributed by atoms with Gasteiger partial charge < -0.3 is 9.29 Å². The van der Waals surface area contributed by atoms with Crippen molar-refractivity contribution in [2.45, 2.75) is 95.6 Å². The fourth-order valence-corrected chi connectivity index (χ4v) is 5.87. The first-order valence-corrected chi connectivity index (χ1v) is 14.3. The molecule has 37 heavy (non-hydrogen) atoms. The lowest BCUT2D eigenvalue weighted by atomic mass is 9.70. The molecule has 4 nitrogen and oxygen atoms in total. The molecule has 8 heteroatoms. The summed E-state index contributed by atoms with van der Waals surface area (Å²) in [6, 6.07) is 10.9. The van der Waals surface area contributed by atoms with Crippen molar-refractivity contribution in [2.75, 3.05) is 0 Å². The third kappa shape index (κ3) is 6.40. The zero-order valence-corrected chi connectivity index (χ0v) is 22.8. The van der Waals surface area contributed by atoms with Crippen molar-refractivity contribution < 1.29 is 30.9 Å². The van der Waals surface area contributed by atoms with E-state index >= 15 is 0 Å². The average molecular weight is 539 g/mol. The van der Waals surface area contributed by atoms with Crippen LogP contribution < -0.4 is 4.18 Å². The summed E-state index contributed by atoms with van der Waals surface area (Å²) in [6.07, 6.45) is 11.3. The van der Waals surface area contributed by atoms with Crippen molar-refractivity contribution in [2.24, 2.45) is 0 Å². The first-order valence-electron chi connectivity index (χ1n) is 12.9. The van der Waals surface area contributed by atoms with E-state index < -0.39 is 26.6 Å². The first kappa shape index (κ1) is 29.2. The molecule has 2 aromatic rings. The minimum atomic E-state index is -5.74. The Morgan fingerprint density at radius 2 is 1.46 bits per heavy atom. The van der Waals surface area contributed by atoms with Gasteiger partial charge in [-0.3, -0.25) is 0 Å². The molecule has 1 saturated carbocycles. The predicted octanol–water partition coefficient (Wildman–Crippen LogP) is 7.74. The van der Waals surface area contributed by atoms with Crippen LogP contribution in [-0.4, -0.2) is 24.6 Å². The van der Waals surface area contributed by atoms with Crippen LogP contribution in [0.15, 0.2) is 42.5 Å². The van der Waals surface area contributed by atoms with Gasteiger partial charge in [-0.05, 0) is 73.4 Å². The van der Waals surface area contributed by atoms with Crippen molar-refractivity contribution >= 4 is 16.2 Å². The normalized spacial score (nSPS) is 17.1. The van der Waals surface area contributed by atoms with Crippen LogP contribution in [0.1, 0.15) is 93.0 Å². The predicted molar refractivity (Wildman–Crippen MR) is 141 cm³/mol. The maximum Gasteiger partial charge on any atom is 0.534 e. The van der Waals surface area contributed by atoms with E-state index in [4.69, 9.17) is 0 Å². The third-order valence-electron chi connectivity index (χ3n) is 7.78. The van der Waals surface area contributed by atoms with Gasteiger partial charge in [-0.2, -0.15) is 21.6 Å². The summed E-state index contributed by atoms with van der Waals surface area (Å²) in [7, 11) is -5.74. The van der Waals surface area contributed by atoms with E-state index in [9.17, 15) is 26.7 Å². The van der Waals surface area contributed by atoms with E-state index in [1.807, 2.05) is 25.1 Å². The van der Waals surface area contributed by atoms with E-state index in [1.54, 1.807) is 12.1 Å². The van der Waals surface area contributed by atoms with Gasteiger partial charge in [-0.15, -0.1) is 0 Å². The molecule has 0 heterocycles. The molecule has 0 amide bonds. The molecule has 0 saturated heterocycles. The maximum absolute atomic E-state index is 12.8. The first-order chi connectivity index (χ1) is 17.3. The van der Waals surface area contributed by atoms with Crippen molar-refractivity contribution in [3.8, 4) is 5.75 Å². The summed E-state index contributed by atoms with van der Waals surface area (Å²) in [4.78, 5) is 0. The van der Waals surface area contributed by atoms with Crippen LogP contribution in [0.3, 0.4) is 0 Å². The molecule has 2 aromatic carbocycles. The van der Waals surface area contributed by atoms with E-state index in [1.165, 1.54) is 13.0 Å². The molecule has 0 bridgehead atoms. The maximum atomic E-state index is 12.8. The van der Waals surface area contributed by atoms with Crippen molar-refractivity contribution in [3.05, 3.63) is 70.3 Å². The monoisotopic (exact) mass is 538 g/mol. The standard InChI is InChI=1S/C29H37F3O4S/c1-5-28(6-2,25-13-14-26(22(4)20-25)36-37(34,35)29(30,31)32)24-12-11-23(21(3)19-24)15-18-27(33)16-9-7-8-10-17-27/h11-15,18-20,33H,5-10,16-17H2,1-4H3. The van der Waals surface area contributed by atoms with Gasteiger partial charge in [0.2, 0.25) is 0 Å². The quantitative estimate of drug-likeness (QED) is 0.212. The highest BCUT2D eigenvalue weighted by Crippen LogP contribution is 2.41. The fraction of sp³-hybridized carbons (Fsp3) is 0.517. The molecule has 1 aliphatic rings. The summed E-state index contributed by atoms with van der Waals surface area (Å²) in [5, 5.41) is 11.0. The molecular formula is C29H37F3O4S. The lowest BCUT2D eigenvalue weighted by Crippen LogP contribution is -2.29. The third-order valence-corrected chi connectivity index (χ3v) is 8.75. The topological polar surface area (TPSA) is 63.6 Å². The Morgan fingerprint density at radius 1 is 0.919 bits per heavy atom. The second-order valence-corrected chi connectivity index (χ2v) is 11.7. The Morgan fingerprint density at radius 3 is 1.95 bits per heavy atom. The SMILES string of the molecule is CCC(CC)(c1ccc(C=CC2(O)CCCCCC2)c(C)c1)c1ccc(OS(=O)(=O)C(F)(F)F)c(C)c1. The van der Waals surface area contributed by atoms with Crippen molar-refractivity contribution in [3.63, 3.8) is 0 Å². The molecule has 0 radical (unpaired) electrons. The number of hydrogen-bond donors (Lipinski definition) is 1. The van der Waals surface area contributed by atoms with Crippen molar-refractivity contribution in [1.82, 2.24) is 0 Å². The van der Waals surface area contributed by atoms with Gasteiger partial charge in [0.25, 0.3) is 0 Å². The van der Waals surface area contributed by atoms with Gasteiger partial charge in [0.15, 0.2) is 0 Å². The van der Waals surface area contributed by atoms with Crippen LogP contribution in [0, 0.1) is 13.8 Å². The zero-order chi connectivity index (χ0) is 27.5. The summed E-state index contributed by atoms with van der Waals surface area (Å²) in [5.41, 5.74) is -2.33. The highest BCUT2D eigenvalue weighted by Gasteiger charge is 2.48. The number of rotatable bonds is 8. The molecule has 3 rings (SSSR count). The molecule has 1 fully saturated rings. The molecule has 0 aliphatic heterocycles. The lowest BCUT2D eigenvalue weighted by Gasteiger charge is -2.34. The van der Waals surface area contributed by atoms with Crippen LogP contribution in [0.2, 0.25) is 0 Å². The fourth-order valence-electron chi connectivity index (χ4n) is 5.35. The molecule has 1 N–H and O–H groups in total. The molecule has 0 atom stereocenters. The second-order valence-electron chi connectivity index (χ2n) is 10.2. The number of aliphatic hydroxyl groups is 1. The number of hydrogen-bond acceptors (Lipinski definition) is 4. The summed E-state index contributed by atoms with van der Waals surface area (Å²) in [6.45, 7) is 7.68. The number of alkyl halides is 3. The van der Waals surface area contributed by atoms with Crippen LogP contribution in [0.4, 0.5) is 13.2 Å². The number of aryl methyl sites for hydroxylation is 2. The van der Waals surface area contributed by atoms with E-state index in [0.717, 1.165) is 73.6 Å². The Labute approximate surface area is 218 Å². The summed E-state index contributed by atoms with van der Waals surface area (Å²) < 4.78 is 65.7. The summed E-state index contributed by atoms with van der Waals surface area (Å²) in [5.74, 6) is -0.338. The van der Waals surface area contributed by atoms with E-state index in [2.05, 4.69) is 30.2 Å². The highest BCUT2D eigenvalue weighted by atomic mass is 32.2. The molecule has 204 valence electrons. The highest BCUT2D eigenvalue weighted by molar-refractivity contribution is 7.88. The van der Waals surface area contributed by atoms with Gasteiger partial charge in [-0.25, -0.2) is 0 Å². The van der Waals surface area contributed by atoms with Crippen LogP contribution >= 0.6 is 0 Å². The average Bonchev–Trinajstić information content (AvgIpc) is 3.05. The zero-order valence-electron chi connectivity index (χ0n) is 22.0. The Bertz CT molecular complexity index is 1220.